The van der Waals surface area contributed by atoms with Gasteiger partial charge in [0.2, 0.25) is 5.91 Å². The molecule has 1 heterocycles. The van der Waals surface area contributed by atoms with Crippen LogP contribution in [-0.2, 0) is 9.53 Å². The lowest BCUT2D eigenvalue weighted by Crippen LogP contribution is -2.63. The van der Waals surface area contributed by atoms with Crippen molar-refractivity contribution in [2.24, 2.45) is 0 Å². The first-order chi connectivity index (χ1) is 9.24. The van der Waals surface area contributed by atoms with E-state index in [1.807, 2.05) is 37.0 Å². The van der Waals surface area contributed by atoms with Crippen LogP contribution in [0.5, 0.6) is 0 Å². The van der Waals surface area contributed by atoms with Gasteiger partial charge in [-0.25, -0.2) is 0 Å². The second kappa shape index (κ2) is 6.57. The summed E-state index contributed by atoms with van der Waals surface area (Å²) in [6, 6.07) is 0. The monoisotopic (exact) mass is 279 g/mol. The molecule has 1 rings (SSSR count). The quantitative estimate of drug-likeness (QED) is 0.580. The first kappa shape index (κ1) is 17.0. The molecule has 1 aliphatic rings. The molecule has 0 aliphatic carbocycles. The number of nitrogens with zero attached hydrogens (tertiary/aromatic N) is 1. The van der Waals surface area contributed by atoms with Gasteiger partial charge in [0, 0.05) is 11.1 Å². The number of ether oxygens (including phenoxy) is 1. The zero-order chi connectivity index (χ0) is 15.4. The molecule has 0 N–H and O–H groups in total. The Bertz CT molecular complexity index is 376. The van der Waals surface area contributed by atoms with Gasteiger partial charge in [-0.1, -0.05) is 18.2 Å². The first-order valence-corrected chi connectivity index (χ1v) is 7.44. The fraction of sp³-hybridized carbons (Fsp3) is 0.706. The average Bonchev–Trinajstić information content (AvgIpc) is 2.26. The van der Waals surface area contributed by atoms with Gasteiger partial charge in [0.1, 0.15) is 0 Å². The van der Waals surface area contributed by atoms with Gasteiger partial charge in [0.25, 0.3) is 0 Å². The number of hydrogen-bond donors (Lipinski definition) is 0. The molecule has 0 spiro atoms. The number of rotatable bonds is 4. The zero-order valence-electron chi connectivity index (χ0n) is 13.8. The van der Waals surface area contributed by atoms with Gasteiger partial charge in [-0.3, -0.25) is 4.79 Å². The van der Waals surface area contributed by atoms with Crippen LogP contribution in [-0.4, -0.2) is 34.6 Å². The summed E-state index contributed by atoms with van der Waals surface area (Å²) in [5, 5.41) is 0. The lowest BCUT2D eigenvalue weighted by atomic mass is 9.78. The molecule has 0 bridgehead atoms. The predicted molar refractivity (Wildman–Crippen MR) is 83.6 cm³/mol. The van der Waals surface area contributed by atoms with E-state index in [0.29, 0.717) is 6.61 Å². The number of piperidine rings is 1. The van der Waals surface area contributed by atoms with Crippen molar-refractivity contribution < 1.29 is 9.53 Å². The molecule has 1 fully saturated rings. The minimum Gasteiger partial charge on any atom is -0.374 e. The van der Waals surface area contributed by atoms with Crippen molar-refractivity contribution in [1.29, 1.82) is 0 Å². The van der Waals surface area contributed by atoms with Crippen molar-refractivity contribution in [3.05, 3.63) is 24.3 Å². The summed E-state index contributed by atoms with van der Waals surface area (Å²) in [6.07, 6.45) is 9.44. The van der Waals surface area contributed by atoms with Crippen molar-refractivity contribution in [1.82, 2.24) is 4.90 Å². The highest BCUT2D eigenvalue weighted by atomic mass is 16.5. The molecule has 0 unspecified atom stereocenters. The van der Waals surface area contributed by atoms with Crippen LogP contribution in [0.3, 0.4) is 0 Å². The van der Waals surface area contributed by atoms with Crippen LogP contribution >= 0.6 is 0 Å². The molecule has 1 amide bonds. The molecule has 20 heavy (non-hydrogen) atoms. The number of likely N-dealkylation sites (tertiary alicyclic amines) is 1. The van der Waals surface area contributed by atoms with E-state index in [1.165, 1.54) is 0 Å². The van der Waals surface area contributed by atoms with Crippen LogP contribution in [0.4, 0.5) is 0 Å². The molecule has 0 radical (unpaired) electrons. The van der Waals surface area contributed by atoms with E-state index in [0.717, 1.165) is 12.8 Å². The third-order valence-electron chi connectivity index (χ3n) is 3.86. The Morgan fingerprint density at radius 2 is 1.70 bits per heavy atom. The summed E-state index contributed by atoms with van der Waals surface area (Å²) in [5.41, 5.74) is -0.391. The van der Waals surface area contributed by atoms with E-state index >= 15 is 0 Å². The van der Waals surface area contributed by atoms with Crippen molar-refractivity contribution in [3.8, 4) is 0 Å². The van der Waals surface area contributed by atoms with Crippen LogP contribution < -0.4 is 0 Å². The molecule has 0 saturated carbocycles. The Balaban J connectivity index is 2.89. The van der Waals surface area contributed by atoms with E-state index in [2.05, 4.69) is 27.7 Å². The molecule has 3 nitrogen and oxygen atoms in total. The van der Waals surface area contributed by atoms with Gasteiger partial charge < -0.3 is 9.64 Å². The van der Waals surface area contributed by atoms with Crippen molar-refractivity contribution >= 4 is 5.91 Å². The highest BCUT2D eigenvalue weighted by Crippen LogP contribution is 2.39. The largest absolute Gasteiger partial charge is 0.374 e. The van der Waals surface area contributed by atoms with Gasteiger partial charge >= 0.3 is 0 Å². The zero-order valence-corrected chi connectivity index (χ0v) is 13.8. The SMILES string of the molecule is CC=CCOC1CC(C)(C)N(C(=O)C=CC)C(C)(C)C1. The van der Waals surface area contributed by atoms with Gasteiger partial charge in [-0.05, 0) is 60.5 Å². The van der Waals surface area contributed by atoms with E-state index in [1.54, 1.807) is 6.08 Å². The topological polar surface area (TPSA) is 29.5 Å². The molecule has 114 valence electrons. The van der Waals surface area contributed by atoms with E-state index < -0.39 is 0 Å². The number of carbonyl (C=O) groups is 1. The second-order valence-electron chi connectivity index (χ2n) is 6.73. The van der Waals surface area contributed by atoms with Gasteiger partial charge in [-0.15, -0.1) is 0 Å². The van der Waals surface area contributed by atoms with Crippen LogP contribution in [0.25, 0.3) is 0 Å². The second-order valence-corrected chi connectivity index (χ2v) is 6.73. The minimum atomic E-state index is -0.195. The fourth-order valence-corrected chi connectivity index (χ4v) is 3.41. The summed E-state index contributed by atoms with van der Waals surface area (Å²) in [6.45, 7) is 13.0. The lowest BCUT2D eigenvalue weighted by Gasteiger charge is -2.54. The van der Waals surface area contributed by atoms with Crippen molar-refractivity contribution in [3.63, 3.8) is 0 Å². The van der Waals surface area contributed by atoms with Crippen LogP contribution in [0.2, 0.25) is 0 Å². The smallest absolute Gasteiger partial charge is 0.247 e. The van der Waals surface area contributed by atoms with E-state index in [-0.39, 0.29) is 23.1 Å². The highest BCUT2D eigenvalue weighted by molar-refractivity contribution is 5.88. The molecule has 0 aromatic carbocycles. The maximum absolute atomic E-state index is 12.4. The predicted octanol–water partition coefficient (Wildman–Crippen LogP) is 3.70. The Morgan fingerprint density at radius 1 is 1.15 bits per heavy atom. The minimum absolute atomic E-state index is 0.0920. The highest BCUT2D eigenvalue weighted by Gasteiger charge is 2.47. The van der Waals surface area contributed by atoms with E-state index in [4.69, 9.17) is 4.74 Å². The normalized spacial score (nSPS) is 22.8. The molecule has 0 atom stereocenters. The fourth-order valence-electron chi connectivity index (χ4n) is 3.41. The van der Waals surface area contributed by atoms with E-state index in [9.17, 15) is 4.79 Å². The third-order valence-corrected chi connectivity index (χ3v) is 3.86. The van der Waals surface area contributed by atoms with Crippen molar-refractivity contribution in [2.75, 3.05) is 6.61 Å². The van der Waals surface area contributed by atoms with Crippen LogP contribution in [0, 0.1) is 0 Å². The summed E-state index contributed by atoms with van der Waals surface area (Å²) in [4.78, 5) is 14.4. The molecule has 3 heteroatoms. The Labute approximate surface area is 123 Å². The van der Waals surface area contributed by atoms with Crippen LogP contribution in [0.1, 0.15) is 54.4 Å². The Hall–Kier alpha value is -1.09. The summed E-state index contributed by atoms with van der Waals surface area (Å²) >= 11 is 0. The number of carbonyl (C=O) groups excluding carboxylic acids is 1. The molecule has 0 aromatic rings. The number of hydrogen-bond acceptors (Lipinski definition) is 2. The first-order valence-electron chi connectivity index (χ1n) is 7.44. The Morgan fingerprint density at radius 3 is 2.15 bits per heavy atom. The summed E-state index contributed by atoms with van der Waals surface area (Å²) < 4.78 is 5.94. The van der Waals surface area contributed by atoms with Crippen molar-refractivity contribution in [2.45, 2.75) is 71.6 Å². The number of amides is 1. The molecular weight excluding hydrogens is 250 g/mol. The van der Waals surface area contributed by atoms with Crippen LogP contribution in [0.15, 0.2) is 24.3 Å². The lowest BCUT2D eigenvalue weighted by molar-refractivity contribution is -0.152. The van der Waals surface area contributed by atoms with Gasteiger partial charge in [-0.2, -0.15) is 0 Å². The van der Waals surface area contributed by atoms with Gasteiger partial charge in [0.15, 0.2) is 0 Å². The number of allylic oxidation sites excluding steroid dienone is 2. The third kappa shape index (κ3) is 3.95. The standard InChI is InChI=1S/C17H29NO2/c1-7-9-11-20-14-12-16(3,4)18(15(19)10-8-2)17(5,6)13-14/h7-10,14H,11-13H2,1-6H3. The molecule has 1 aliphatic heterocycles. The maximum atomic E-state index is 12.4. The molecular formula is C17H29NO2. The average molecular weight is 279 g/mol. The summed E-state index contributed by atoms with van der Waals surface area (Å²) in [5.74, 6) is 0.0920. The molecule has 0 aromatic heterocycles. The Kier molecular flexibility index (Phi) is 5.58. The maximum Gasteiger partial charge on any atom is 0.247 e. The van der Waals surface area contributed by atoms with Gasteiger partial charge in [0.05, 0.1) is 12.7 Å². The molecule has 1 saturated heterocycles. The summed E-state index contributed by atoms with van der Waals surface area (Å²) in [7, 11) is 0.